The summed E-state index contributed by atoms with van der Waals surface area (Å²) in [5.41, 5.74) is 3.30. The van der Waals surface area contributed by atoms with Crippen molar-refractivity contribution in [1.29, 1.82) is 0 Å². The lowest BCUT2D eigenvalue weighted by Gasteiger charge is -2.03. The molecule has 2 fully saturated rings. The van der Waals surface area contributed by atoms with Crippen molar-refractivity contribution in [2.24, 2.45) is 5.92 Å². The Morgan fingerprint density at radius 1 is 1.24 bits per heavy atom. The van der Waals surface area contributed by atoms with E-state index in [1.54, 1.807) is 0 Å². The van der Waals surface area contributed by atoms with Crippen LogP contribution in [-0.2, 0) is 13.2 Å². The predicted molar refractivity (Wildman–Crippen MR) is 63.8 cm³/mol. The normalized spacial score (nSPS) is 20.3. The van der Waals surface area contributed by atoms with Crippen molar-refractivity contribution in [3.63, 3.8) is 0 Å². The van der Waals surface area contributed by atoms with Gasteiger partial charge in [0.05, 0.1) is 12.3 Å². The van der Waals surface area contributed by atoms with E-state index in [9.17, 15) is 5.11 Å². The van der Waals surface area contributed by atoms with Crippen molar-refractivity contribution < 1.29 is 5.11 Å². The van der Waals surface area contributed by atoms with Gasteiger partial charge in [0.15, 0.2) is 0 Å². The largest absolute Gasteiger partial charge is 0.391 e. The molecule has 0 spiro atoms. The van der Waals surface area contributed by atoms with E-state index < -0.39 is 0 Å². The van der Waals surface area contributed by atoms with Crippen LogP contribution in [0.15, 0.2) is 12.4 Å². The molecule has 0 bridgehead atoms. The molecule has 0 saturated heterocycles. The third kappa shape index (κ3) is 1.51. The summed E-state index contributed by atoms with van der Waals surface area (Å²) in [6, 6.07) is 0. The van der Waals surface area contributed by atoms with Gasteiger partial charge in [-0.25, -0.2) is 4.52 Å². The predicted octanol–water partition coefficient (Wildman–Crippen LogP) is 1.92. The lowest BCUT2D eigenvalue weighted by atomic mass is 10.2. The quantitative estimate of drug-likeness (QED) is 0.873. The van der Waals surface area contributed by atoms with E-state index in [1.165, 1.54) is 25.7 Å². The molecule has 2 aromatic heterocycles. The van der Waals surface area contributed by atoms with Gasteiger partial charge in [-0.3, -0.25) is 0 Å². The highest BCUT2D eigenvalue weighted by Crippen LogP contribution is 2.42. The van der Waals surface area contributed by atoms with Crippen molar-refractivity contribution >= 4 is 5.65 Å². The van der Waals surface area contributed by atoms with Crippen LogP contribution in [0.3, 0.4) is 0 Å². The first-order valence-electron chi connectivity index (χ1n) is 6.54. The summed E-state index contributed by atoms with van der Waals surface area (Å²) in [6.07, 6.45) is 9.27. The van der Waals surface area contributed by atoms with Crippen LogP contribution in [-0.4, -0.2) is 19.3 Å². The fourth-order valence-corrected chi connectivity index (χ4v) is 2.66. The maximum Gasteiger partial charge on any atom is 0.141 e. The van der Waals surface area contributed by atoms with Gasteiger partial charge < -0.3 is 9.67 Å². The molecule has 2 aliphatic rings. The summed E-state index contributed by atoms with van der Waals surface area (Å²) < 4.78 is 4.21. The Kier molecular flexibility index (Phi) is 1.92. The lowest BCUT2D eigenvalue weighted by molar-refractivity contribution is 0.281. The Balaban J connectivity index is 1.84. The summed E-state index contributed by atoms with van der Waals surface area (Å²) in [4.78, 5) is 0. The number of hydrogen-bond donors (Lipinski definition) is 1. The Hall–Kier alpha value is -1.29. The molecule has 0 aliphatic heterocycles. The maximum atomic E-state index is 9.61. The molecule has 17 heavy (non-hydrogen) atoms. The molecular formula is C13H17N3O. The SMILES string of the molecule is OCc1c(C2CC2)nn2ccn(CC3CC3)c12. The molecule has 4 rings (SSSR count). The molecule has 0 amide bonds. The van der Waals surface area contributed by atoms with Crippen LogP contribution in [0.5, 0.6) is 0 Å². The van der Waals surface area contributed by atoms with Gasteiger partial charge >= 0.3 is 0 Å². The van der Waals surface area contributed by atoms with Gasteiger partial charge in [-0.15, -0.1) is 0 Å². The van der Waals surface area contributed by atoms with E-state index >= 15 is 0 Å². The van der Waals surface area contributed by atoms with Crippen LogP contribution in [0.25, 0.3) is 5.65 Å². The molecule has 0 aromatic carbocycles. The molecule has 2 saturated carbocycles. The molecule has 4 nitrogen and oxygen atoms in total. The number of nitrogens with zero attached hydrogens (tertiary/aromatic N) is 3. The summed E-state index contributed by atoms with van der Waals surface area (Å²) in [7, 11) is 0. The highest BCUT2D eigenvalue weighted by atomic mass is 16.3. The number of imidazole rings is 1. The van der Waals surface area contributed by atoms with Crippen molar-refractivity contribution in [3.8, 4) is 0 Å². The molecule has 90 valence electrons. The van der Waals surface area contributed by atoms with Crippen molar-refractivity contribution in [3.05, 3.63) is 23.7 Å². The summed E-state index contributed by atoms with van der Waals surface area (Å²) in [5, 5.41) is 14.2. The number of fused-ring (bicyclic) bond motifs is 1. The molecule has 4 heteroatoms. The highest BCUT2D eigenvalue weighted by molar-refractivity contribution is 5.53. The van der Waals surface area contributed by atoms with Crippen LogP contribution in [0.4, 0.5) is 0 Å². The van der Waals surface area contributed by atoms with Gasteiger partial charge in [-0.05, 0) is 31.6 Å². The van der Waals surface area contributed by atoms with E-state index in [2.05, 4.69) is 15.9 Å². The van der Waals surface area contributed by atoms with E-state index in [1.807, 2.05) is 10.7 Å². The van der Waals surface area contributed by atoms with Crippen LogP contribution >= 0.6 is 0 Å². The van der Waals surface area contributed by atoms with Gasteiger partial charge in [-0.2, -0.15) is 5.10 Å². The van der Waals surface area contributed by atoms with E-state index in [0.717, 1.165) is 29.4 Å². The molecule has 0 unspecified atom stereocenters. The van der Waals surface area contributed by atoms with Crippen LogP contribution in [0.2, 0.25) is 0 Å². The van der Waals surface area contributed by atoms with Gasteiger partial charge in [-0.1, -0.05) is 0 Å². The Bertz CT molecular complexity index is 560. The Morgan fingerprint density at radius 2 is 2.06 bits per heavy atom. The second-order valence-corrected chi connectivity index (χ2v) is 5.46. The summed E-state index contributed by atoms with van der Waals surface area (Å²) in [5.74, 6) is 1.45. The minimum absolute atomic E-state index is 0.115. The first kappa shape index (κ1) is 9.71. The topological polar surface area (TPSA) is 42.5 Å². The first-order valence-corrected chi connectivity index (χ1v) is 6.54. The summed E-state index contributed by atoms with van der Waals surface area (Å²) >= 11 is 0. The Morgan fingerprint density at radius 3 is 2.71 bits per heavy atom. The van der Waals surface area contributed by atoms with E-state index in [0.29, 0.717) is 5.92 Å². The second kappa shape index (κ2) is 3.35. The van der Waals surface area contributed by atoms with Crippen LogP contribution in [0.1, 0.15) is 42.9 Å². The highest BCUT2D eigenvalue weighted by Gasteiger charge is 2.31. The monoisotopic (exact) mass is 231 g/mol. The zero-order valence-corrected chi connectivity index (χ0v) is 9.84. The van der Waals surface area contributed by atoms with E-state index in [-0.39, 0.29) is 6.61 Å². The van der Waals surface area contributed by atoms with Gasteiger partial charge in [0, 0.05) is 30.4 Å². The van der Waals surface area contributed by atoms with Crippen LogP contribution in [0, 0.1) is 5.92 Å². The minimum atomic E-state index is 0.115. The van der Waals surface area contributed by atoms with Gasteiger partial charge in [0.1, 0.15) is 5.65 Å². The lowest BCUT2D eigenvalue weighted by Crippen LogP contribution is -2.00. The standard InChI is InChI=1S/C13H17N3O/c17-8-11-12(10-3-4-10)14-16-6-5-15(13(11)16)7-9-1-2-9/h5-6,9-10,17H,1-4,7-8H2. The molecule has 2 aromatic rings. The van der Waals surface area contributed by atoms with Crippen molar-refractivity contribution in [1.82, 2.24) is 14.2 Å². The van der Waals surface area contributed by atoms with Crippen molar-refractivity contribution in [2.45, 2.75) is 44.8 Å². The smallest absolute Gasteiger partial charge is 0.141 e. The molecule has 0 atom stereocenters. The van der Waals surface area contributed by atoms with Crippen molar-refractivity contribution in [2.75, 3.05) is 0 Å². The van der Waals surface area contributed by atoms with E-state index in [4.69, 9.17) is 0 Å². The fourth-order valence-electron chi connectivity index (χ4n) is 2.66. The van der Waals surface area contributed by atoms with Gasteiger partial charge in [0.25, 0.3) is 0 Å². The molecule has 2 aliphatic carbocycles. The average Bonchev–Trinajstić information content (AvgIpc) is 3.23. The van der Waals surface area contributed by atoms with Crippen LogP contribution < -0.4 is 0 Å². The molecular weight excluding hydrogens is 214 g/mol. The molecule has 0 radical (unpaired) electrons. The molecule has 2 heterocycles. The third-order valence-corrected chi connectivity index (χ3v) is 3.95. The minimum Gasteiger partial charge on any atom is -0.391 e. The molecule has 1 N–H and O–H groups in total. The average molecular weight is 231 g/mol. The number of rotatable bonds is 4. The van der Waals surface area contributed by atoms with Gasteiger partial charge in [0.2, 0.25) is 0 Å². The number of aliphatic hydroxyl groups is 1. The maximum absolute atomic E-state index is 9.61. The fraction of sp³-hybridized carbons (Fsp3) is 0.615. The zero-order chi connectivity index (χ0) is 11.4. The first-order chi connectivity index (χ1) is 8.36. The number of aliphatic hydroxyl groups excluding tert-OH is 1. The number of hydrogen-bond acceptors (Lipinski definition) is 2. The second-order valence-electron chi connectivity index (χ2n) is 5.46. The third-order valence-electron chi connectivity index (χ3n) is 3.95. The zero-order valence-electron chi connectivity index (χ0n) is 9.84. The summed E-state index contributed by atoms with van der Waals surface area (Å²) in [6.45, 7) is 1.20. The Labute approximate surface area is 99.9 Å². The number of aromatic nitrogens is 3.